The molecule has 1 saturated heterocycles. The number of amides is 3. The molecule has 6 nitrogen and oxygen atoms in total. The smallest absolute Gasteiger partial charge is 0.294 e. The van der Waals surface area contributed by atoms with Crippen molar-refractivity contribution >= 4 is 52.2 Å². The van der Waals surface area contributed by atoms with Gasteiger partial charge in [0.2, 0.25) is 5.91 Å². The van der Waals surface area contributed by atoms with E-state index in [0.717, 1.165) is 29.1 Å². The molecule has 1 heterocycles. The van der Waals surface area contributed by atoms with Crippen LogP contribution >= 0.6 is 23.4 Å². The summed E-state index contributed by atoms with van der Waals surface area (Å²) in [5.41, 5.74) is 0.925. The van der Waals surface area contributed by atoms with Crippen LogP contribution in [0.3, 0.4) is 0 Å². The number of carbonyl (C=O) groups is 3. The largest absolute Gasteiger partial charge is 0.490 e. The Labute approximate surface area is 188 Å². The van der Waals surface area contributed by atoms with Crippen LogP contribution in [0, 0.1) is 5.82 Å². The lowest BCUT2D eigenvalue weighted by atomic mass is 10.1. The van der Waals surface area contributed by atoms with Crippen molar-refractivity contribution in [2.45, 2.75) is 26.4 Å². The topological polar surface area (TPSA) is 75.7 Å². The van der Waals surface area contributed by atoms with E-state index in [9.17, 15) is 18.8 Å². The average molecular weight is 463 g/mol. The molecule has 0 spiro atoms. The van der Waals surface area contributed by atoms with Crippen LogP contribution < -0.4 is 10.1 Å². The van der Waals surface area contributed by atoms with E-state index < -0.39 is 29.4 Å². The van der Waals surface area contributed by atoms with Gasteiger partial charge in [0.05, 0.1) is 16.0 Å². The molecule has 3 rings (SSSR count). The van der Waals surface area contributed by atoms with Crippen molar-refractivity contribution < 1.29 is 23.5 Å². The van der Waals surface area contributed by atoms with E-state index in [4.69, 9.17) is 16.3 Å². The minimum absolute atomic E-state index is 0.00623. The minimum Gasteiger partial charge on any atom is -0.490 e. The normalized spacial score (nSPS) is 16.0. The van der Waals surface area contributed by atoms with Gasteiger partial charge in [0, 0.05) is 11.3 Å². The summed E-state index contributed by atoms with van der Waals surface area (Å²) in [5, 5.41) is 1.79. The Bertz CT molecular complexity index is 1060. The molecule has 2 aromatic carbocycles. The zero-order valence-electron chi connectivity index (χ0n) is 16.9. The summed E-state index contributed by atoms with van der Waals surface area (Å²) in [6, 6.07) is 10.9. The Balaban J connectivity index is 1.72. The molecule has 0 radical (unpaired) electrons. The summed E-state index contributed by atoms with van der Waals surface area (Å²) in [4.78, 5) is 38.4. The molecule has 2 aromatic rings. The lowest BCUT2D eigenvalue weighted by Gasteiger charge is -2.15. The van der Waals surface area contributed by atoms with Crippen molar-refractivity contribution in [3.63, 3.8) is 0 Å². The van der Waals surface area contributed by atoms with E-state index in [1.54, 1.807) is 24.3 Å². The van der Waals surface area contributed by atoms with Gasteiger partial charge in [-0.3, -0.25) is 19.3 Å². The van der Waals surface area contributed by atoms with Gasteiger partial charge in [0.25, 0.3) is 11.1 Å². The predicted octanol–water partition coefficient (Wildman–Crippen LogP) is 5.33. The molecule has 31 heavy (non-hydrogen) atoms. The zero-order valence-corrected chi connectivity index (χ0v) is 18.4. The fourth-order valence-corrected chi connectivity index (χ4v) is 3.71. The van der Waals surface area contributed by atoms with Crippen LogP contribution in [0.4, 0.5) is 14.9 Å². The first-order valence-electron chi connectivity index (χ1n) is 9.54. The Hall–Kier alpha value is -2.84. The maximum Gasteiger partial charge on any atom is 0.294 e. The Morgan fingerprint density at radius 3 is 2.74 bits per heavy atom. The number of nitrogens with one attached hydrogen (secondary N) is 1. The molecule has 0 unspecified atom stereocenters. The molecule has 0 aliphatic carbocycles. The number of anilines is 1. The Morgan fingerprint density at radius 1 is 1.29 bits per heavy atom. The van der Waals surface area contributed by atoms with Crippen molar-refractivity contribution in [1.29, 1.82) is 0 Å². The highest BCUT2D eigenvalue weighted by Gasteiger charge is 2.36. The lowest BCUT2D eigenvalue weighted by Crippen LogP contribution is -2.36. The molecular formula is C22H20ClFN2O4S. The zero-order chi connectivity index (χ0) is 22.5. The number of carbonyl (C=O) groups excluding carboxylic acids is 3. The van der Waals surface area contributed by atoms with Crippen LogP contribution in [0.15, 0.2) is 47.4 Å². The van der Waals surface area contributed by atoms with E-state index in [0.29, 0.717) is 11.3 Å². The van der Waals surface area contributed by atoms with Gasteiger partial charge in [-0.15, -0.1) is 0 Å². The second kappa shape index (κ2) is 9.98. The molecule has 1 aliphatic rings. The quantitative estimate of drug-likeness (QED) is 0.563. The van der Waals surface area contributed by atoms with E-state index in [2.05, 4.69) is 5.32 Å². The SMILES string of the molecule is CC[C@@H](C)Oc1ccccc1/C=C1/SC(=O)N(CC(=O)Nc2ccc(F)c(Cl)c2)C1=O. The van der Waals surface area contributed by atoms with Crippen LogP contribution in [0.5, 0.6) is 5.75 Å². The third kappa shape index (κ3) is 5.65. The molecular weight excluding hydrogens is 443 g/mol. The number of hydrogen-bond acceptors (Lipinski definition) is 5. The average Bonchev–Trinajstić information content (AvgIpc) is 2.99. The highest BCUT2D eigenvalue weighted by atomic mass is 35.5. The minimum atomic E-state index is -0.617. The van der Waals surface area contributed by atoms with Gasteiger partial charge in [-0.1, -0.05) is 36.7 Å². The van der Waals surface area contributed by atoms with E-state index in [-0.39, 0.29) is 21.7 Å². The summed E-state index contributed by atoms with van der Waals surface area (Å²) < 4.78 is 19.1. The van der Waals surface area contributed by atoms with Crippen LogP contribution in [-0.2, 0) is 9.59 Å². The summed E-state index contributed by atoms with van der Waals surface area (Å²) in [7, 11) is 0. The van der Waals surface area contributed by atoms with Crippen molar-refractivity contribution in [2.75, 3.05) is 11.9 Å². The molecule has 0 saturated carbocycles. The fraction of sp³-hybridized carbons (Fsp3) is 0.227. The Morgan fingerprint density at radius 2 is 2.03 bits per heavy atom. The number of thioether (sulfide) groups is 1. The van der Waals surface area contributed by atoms with Gasteiger partial charge >= 0.3 is 0 Å². The molecule has 1 atom stereocenters. The van der Waals surface area contributed by atoms with Gasteiger partial charge in [-0.25, -0.2) is 4.39 Å². The van der Waals surface area contributed by atoms with Gasteiger partial charge in [0.1, 0.15) is 18.1 Å². The van der Waals surface area contributed by atoms with Gasteiger partial charge in [-0.2, -0.15) is 0 Å². The first kappa shape index (κ1) is 22.8. The summed E-state index contributed by atoms with van der Waals surface area (Å²) >= 11 is 6.45. The number of hydrogen-bond donors (Lipinski definition) is 1. The highest BCUT2D eigenvalue weighted by Crippen LogP contribution is 2.34. The third-order valence-electron chi connectivity index (χ3n) is 4.49. The van der Waals surface area contributed by atoms with Crippen molar-refractivity contribution in [2.24, 2.45) is 0 Å². The van der Waals surface area contributed by atoms with Crippen molar-refractivity contribution in [3.8, 4) is 5.75 Å². The number of para-hydroxylation sites is 1. The molecule has 162 valence electrons. The van der Waals surface area contributed by atoms with Gasteiger partial charge in [-0.05, 0) is 55.4 Å². The van der Waals surface area contributed by atoms with Crippen LogP contribution in [0.25, 0.3) is 6.08 Å². The maximum absolute atomic E-state index is 13.2. The summed E-state index contributed by atoms with van der Waals surface area (Å²) in [6.45, 7) is 3.48. The molecule has 1 N–H and O–H groups in total. The van der Waals surface area contributed by atoms with Crippen LogP contribution in [0.1, 0.15) is 25.8 Å². The van der Waals surface area contributed by atoms with E-state index in [1.165, 1.54) is 12.1 Å². The van der Waals surface area contributed by atoms with Gasteiger partial charge in [0.15, 0.2) is 0 Å². The summed E-state index contributed by atoms with van der Waals surface area (Å²) in [5.74, 6) is -1.18. The maximum atomic E-state index is 13.2. The number of benzene rings is 2. The standard InChI is InChI=1S/C22H20ClFN2O4S/c1-3-13(2)30-18-7-5-4-6-14(18)10-19-21(28)26(22(29)31-19)12-20(27)25-15-8-9-17(24)16(23)11-15/h4-11,13H,3,12H2,1-2H3,(H,25,27)/b19-10+/t13-/m1/s1. The first-order chi connectivity index (χ1) is 14.8. The van der Waals surface area contributed by atoms with E-state index >= 15 is 0 Å². The second-order valence-corrected chi connectivity index (χ2v) is 8.22. The van der Waals surface area contributed by atoms with Gasteiger partial charge < -0.3 is 10.1 Å². The van der Waals surface area contributed by atoms with Crippen LogP contribution in [0.2, 0.25) is 5.02 Å². The van der Waals surface area contributed by atoms with Crippen LogP contribution in [-0.4, -0.2) is 34.6 Å². The lowest BCUT2D eigenvalue weighted by molar-refractivity contribution is -0.127. The molecule has 1 aliphatic heterocycles. The van der Waals surface area contributed by atoms with Crippen molar-refractivity contribution in [1.82, 2.24) is 4.90 Å². The predicted molar refractivity (Wildman–Crippen MR) is 120 cm³/mol. The fourth-order valence-electron chi connectivity index (χ4n) is 2.70. The molecule has 1 fully saturated rings. The monoisotopic (exact) mass is 462 g/mol. The number of nitrogens with zero attached hydrogens (tertiary/aromatic N) is 1. The summed E-state index contributed by atoms with van der Waals surface area (Å²) in [6.07, 6.45) is 2.40. The number of imide groups is 1. The molecule has 9 heteroatoms. The third-order valence-corrected chi connectivity index (χ3v) is 5.68. The number of halogens is 2. The second-order valence-electron chi connectivity index (χ2n) is 6.82. The molecule has 0 bridgehead atoms. The molecule has 3 amide bonds. The first-order valence-corrected chi connectivity index (χ1v) is 10.7. The van der Waals surface area contributed by atoms with E-state index in [1.807, 2.05) is 19.9 Å². The highest BCUT2D eigenvalue weighted by molar-refractivity contribution is 8.18. The Kier molecular flexibility index (Phi) is 7.35. The van der Waals surface area contributed by atoms with Crippen molar-refractivity contribution in [3.05, 3.63) is 63.8 Å². The molecule has 0 aromatic heterocycles. The number of ether oxygens (including phenoxy) is 1. The number of rotatable bonds is 7.